The summed E-state index contributed by atoms with van der Waals surface area (Å²) in [6, 6.07) is 27.8. The molecule has 5 heteroatoms. The Bertz CT molecular complexity index is 997. The van der Waals surface area contributed by atoms with Crippen molar-refractivity contribution in [3.8, 4) is 5.75 Å². The Kier molecular flexibility index (Phi) is 6.32. The molecule has 0 radical (unpaired) electrons. The number of carbonyl (C=O) groups excluding carboxylic acids is 2. The zero-order chi connectivity index (χ0) is 21.6. The van der Waals surface area contributed by atoms with Gasteiger partial charge in [0.25, 0.3) is 5.91 Å². The number of hydrogen-bond donors (Lipinski definition) is 1. The summed E-state index contributed by atoms with van der Waals surface area (Å²) in [5, 5.41) is 3.06. The Morgan fingerprint density at radius 2 is 1.52 bits per heavy atom. The highest BCUT2D eigenvalue weighted by Crippen LogP contribution is 2.33. The second-order valence-corrected chi connectivity index (χ2v) is 7.65. The van der Waals surface area contributed by atoms with Gasteiger partial charge in [-0.15, -0.1) is 0 Å². The molecule has 4 rings (SSSR count). The fourth-order valence-corrected chi connectivity index (χ4v) is 3.91. The highest BCUT2D eigenvalue weighted by molar-refractivity contribution is 6.00. The summed E-state index contributed by atoms with van der Waals surface area (Å²) < 4.78 is 5.67. The molecule has 0 saturated heterocycles. The molecule has 1 N–H and O–H groups in total. The second-order valence-electron chi connectivity index (χ2n) is 7.65. The van der Waals surface area contributed by atoms with E-state index in [-0.39, 0.29) is 24.2 Å². The third-order valence-electron chi connectivity index (χ3n) is 5.54. The van der Waals surface area contributed by atoms with Gasteiger partial charge in [0, 0.05) is 25.4 Å². The third kappa shape index (κ3) is 4.77. The molecule has 1 aliphatic heterocycles. The number of nitrogens with one attached hydrogen (secondary N) is 1. The largest absolute Gasteiger partial charge is 0.479 e. The Labute approximate surface area is 182 Å². The van der Waals surface area contributed by atoms with Gasteiger partial charge >= 0.3 is 0 Å². The van der Waals surface area contributed by atoms with Crippen molar-refractivity contribution >= 4 is 17.5 Å². The van der Waals surface area contributed by atoms with E-state index >= 15 is 0 Å². The van der Waals surface area contributed by atoms with Crippen LogP contribution in [-0.2, 0) is 9.59 Å². The summed E-state index contributed by atoms with van der Waals surface area (Å²) in [6.45, 7) is 2.54. The first-order valence-corrected chi connectivity index (χ1v) is 10.6. The monoisotopic (exact) mass is 414 g/mol. The van der Waals surface area contributed by atoms with Crippen molar-refractivity contribution in [2.45, 2.75) is 25.4 Å². The maximum atomic E-state index is 12.7. The van der Waals surface area contributed by atoms with Crippen LogP contribution >= 0.6 is 0 Å². The minimum atomic E-state index is -0.557. The first-order chi connectivity index (χ1) is 15.1. The number of ether oxygens (including phenoxy) is 1. The van der Waals surface area contributed by atoms with Gasteiger partial charge in [-0.3, -0.25) is 9.59 Å². The topological polar surface area (TPSA) is 58.6 Å². The number of rotatable bonds is 7. The van der Waals surface area contributed by atoms with Gasteiger partial charge in [-0.1, -0.05) is 72.8 Å². The molecule has 0 fully saturated rings. The molecule has 0 aliphatic carbocycles. The van der Waals surface area contributed by atoms with Gasteiger partial charge in [0.15, 0.2) is 6.10 Å². The van der Waals surface area contributed by atoms with E-state index in [1.807, 2.05) is 60.7 Å². The molecule has 0 aromatic heterocycles. The lowest BCUT2D eigenvalue weighted by Gasteiger charge is -2.32. The maximum Gasteiger partial charge on any atom is 0.267 e. The third-order valence-corrected chi connectivity index (χ3v) is 5.54. The average molecular weight is 415 g/mol. The second kappa shape index (κ2) is 9.47. The molecule has 1 atom stereocenters. The van der Waals surface area contributed by atoms with E-state index < -0.39 is 6.10 Å². The number of benzene rings is 3. The van der Waals surface area contributed by atoms with E-state index in [1.54, 1.807) is 11.8 Å². The lowest BCUT2D eigenvalue weighted by Crippen LogP contribution is -2.46. The van der Waals surface area contributed by atoms with E-state index in [0.29, 0.717) is 24.5 Å². The predicted molar refractivity (Wildman–Crippen MR) is 121 cm³/mol. The molecule has 3 aromatic rings. The van der Waals surface area contributed by atoms with Crippen LogP contribution in [-0.4, -0.2) is 31.0 Å². The minimum absolute atomic E-state index is 0.0668. The quantitative estimate of drug-likeness (QED) is 0.632. The molecule has 3 aromatic carbocycles. The Morgan fingerprint density at radius 1 is 0.935 bits per heavy atom. The lowest BCUT2D eigenvalue weighted by atomic mass is 9.91. The van der Waals surface area contributed by atoms with Gasteiger partial charge < -0.3 is 15.0 Å². The van der Waals surface area contributed by atoms with Crippen LogP contribution in [0.3, 0.4) is 0 Å². The van der Waals surface area contributed by atoms with Crippen molar-refractivity contribution in [2.75, 3.05) is 18.0 Å². The molecule has 1 aliphatic rings. The summed E-state index contributed by atoms with van der Waals surface area (Å²) in [6.07, 6.45) is -0.332. The van der Waals surface area contributed by atoms with Gasteiger partial charge in [0.05, 0.1) is 5.69 Å². The molecule has 1 heterocycles. The molecular weight excluding hydrogens is 388 g/mol. The Morgan fingerprint density at radius 3 is 2.16 bits per heavy atom. The fraction of sp³-hybridized carbons (Fsp3) is 0.231. The average Bonchev–Trinajstić information content (AvgIpc) is 2.81. The first kappa shape index (κ1) is 20.7. The van der Waals surface area contributed by atoms with Crippen LogP contribution < -0.4 is 15.0 Å². The normalized spacial score (nSPS) is 15.4. The van der Waals surface area contributed by atoms with Crippen LogP contribution in [0.5, 0.6) is 5.75 Å². The van der Waals surface area contributed by atoms with E-state index in [9.17, 15) is 9.59 Å². The molecule has 1 unspecified atom stereocenters. The van der Waals surface area contributed by atoms with Crippen LogP contribution in [0.2, 0.25) is 0 Å². The van der Waals surface area contributed by atoms with E-state index in [4.69, 9.17) is 4.74 Å². The van der Waals surface area contributed by atoms with Crippen LogP contribution in [0, 0.1) is 0 Å². The highest BCUT2D eigenvalue weighted by Gasteiger charge is 2.31. The zero-order valence-electron chi connectivity index (χ0n) is 17.5. The molecule has 5 nitrogen and oxygen atoms in total. The summed E-state index contributed by atoms with van der Waals surface area (Å²) in [7, 11) is 0. The van der Waals surface area contributed by atoms with Gasteiger partial charge in [-0.05, 0) is 30.2 Å². The van der Waals surface area contributed by atoms with Gasteiger partial charge in [0.1, 0.15) is 5.75 Å². The molecule has 158 valence electrons. The molecule has 0 saturated carbocycles. The standard InChI is InChI=1S/C26H26N2O3/c1-19-26(30)28(23-14-8-9-15-24(23)31-19)17-16-25(29)27-18-22(20-10-4-2-5-11-20)21-12-6-3-7-13-21/h2-15,19,22H,16-18H2,1H3,(H,27,29). The predicted octanol–water partition coefficient (Wildman–Crippen LogP) is 4.14. The van der Waals surface area contributed by atoms with Crippen LogP contribution in [0.15, 0.2) is 84.9 Å². The van der Waals surface area contributed by atoms with Crippen LogP contribution in [0.25, 0.3) is 0 Å². The van der Waals surface area contributed by atoms with Gasteiger partial charge in [-0.25, -0.2) is 0 Å². The number of amides is 2. The summed E-state index contributed by atoms with van der Waals surface area (Å²) in [5.74, 6) is 0.527. The zero-order valence-corrected chi connectivity index (χ0v) is 17.5. The Hall–Kier alpha value is -3.60. The molecule has 2 amide bonds. The smallest absolute Gasteiger partial charge is 0.267 e. The number of nitrogens with zero attached hydrogens (tertiary/aromatic N) is 1. The number of hydrogen-bond acceptors (Lipinski definition) is 3. The van der Waals surface area contributed by atoms with Gasteiger partial charge in [0.2, 0.25) is 5.91 Å². The van der Waals surface area contributed by atoms with Crippen molar-refractivity contribution in [1.82, 2.24) is 5.32 Å². The SMILES string of the molecule is CC1Oc2ccccc2N(CCC(=O)NCC(c2ccccc2)c2ccccc2)C1=O. The number of anilines is 1. The molecule has 31 heavy (non-hydrogen) atoms. The highest BCUT2D eigenvalue weighted by atomic mass is 16.5. The van der Waals surface area contributed by atoms with Crippen molar-refractivity contribution < 1.29 is 14.3 Å². The van der Waals surface area contributed by atoms with Gasteiger partial charge in [-0.2, -0.15) is 0 Å². The van der Waals surface area contributed by atoms with E-state index in [1.165, 1.54) is 0 Å². The van der Waals surface area contributed by atoms with Crippen molar-refractivity contribution in [3.63, 3.8) is 0 Å². The molecule has 0 bridgehead atoms. The number of fused-ring (bicyclic) bond motifs is 1. The van der Waals surface area contributed by atoms with Crippen molar-refractivity contribution in [3.05, 3.63) is 96.1 Å². The lowest BCUT2D eigenvalue weighted by molar-refractivity contribution is -0.125. The molecular formula is C26H26N2O3. The van der Waals surface area contributed by atoms with Crippen molar-refractivity contribution in [1.29, 1.82) is 0 Å². The van der Waals surface area contributed by atoms with Crippen LogP contribution in [0.1, 0.15) is 30.4 Å². The summed E-state index contributed by atoms with van der Waals surface area (Å²) in [5.41, 5.74) is 3.02. The fourth-order valence-electron chi connectivity index (χ4n) is 3.91. The van der Waals surface area contributed by atoms with Crippen LogP contribution in [0.4, 0.5) is 5.69 Å². The maximum absolute atomic E-state index is 12.7. The summed E-state index contributed by atoms with van der Waals surface area (Å²) in [4.78, 5) is 26.9. The van der Waals surface area contributed by atoms with E-state index in [2.05, 4.69) is 29.6 Å². The molecule has 0 spiro atoms. The van der Waals surface area contributed by atoms with Crippen molar-refractivity contribution in [2.24, 2.45) is 0 Å². The first-order valence-electron chi connectivity index (χ1n) is 10.6. The number of carbonyl (C=O) groups is 2. The minimum Gasteiger partial charge on any atom is -0.479 e. The summed E-state index contributed by atoms with van der Waals surface area (Å²) >= 11 is 0. The Balaban J connectivity index is 1.41. The van der Waals surface area contributed by atoms with E-state index in [0.717, 1.165) is 11.1 Å². The number of para-hydroxylation sites is 2.